The fourth-order valence-corrected chi connectivity index (χ4v) is 1.32. The Morgan fingerprint density at radius 3 is 3.21 bits per heavy atom. The van der Waals surface area contributed by atoms with Gasteiger partial charge < -0.3 is 9.73 Å². The van der Waals surface area contributed by atoms with Crippen LogP contribution in [0.2, 0.25) is 0 Å². The van der Waals surface area contributed by atoms with Crippen LogP contribution in [0, 0.1) is 0 Å². The van der Waals surface area contributed by atoms with Crippen LogP contribution < -0.4 is 5.32 Å². The number of carbonyl (C=O) groups is 1. The zero-order valence-electron chi connectivity index (χ0n) is 7.16. The average molecular weight is 255 g/mol. The standard InChI is InChI=1S/C9H7BrN2O2/c10-9(13)11-4-6-1-2-7-8(3-6)14-5-12-7/h1-3,5H,4H2,(H,11,13). The molecule has 1 heterocycles. The van der Waals surface area contributed by atoms with Gasteiger partial charge in [0.15, 0.2) is 12.0 Å². The van der Waals surface area contributed by atoms with Crippen molar-refractivity contribution in [2.45, 2.75) is 6.54 Å². The van der Waals surface area contributed by atoms with Gasteiger partial charge in [0.1, 0.15) is 5.52 Å². The summed E-state index contributed by atoms with van der Waals surface area (Å²) in [7, 11) is 0. The Balaban J connectivity index is 2.21. The predicted octanol–water partition coefficient (Wildman–Crippen LogP) is 2.43. The van der Waals surface area contributed by atoms with Crippen molar-refractivity contribution in [3.8, 4) is 0 Å². The monoisotopic (exact) mass is 254 g/mol. The maximum atomic E-state index is 10.6. The van der Waals surface area contributed by atoms with Crippen molar-refractivity contribution >= 4 is 31.8 Å². The molecular formula is C9H7BrN2O2. The Morgan fingerprint density at radius 1 is 1.57 bits per heavy atom. The summed E-state index contributed by atoms with van der Waals surface area (Å²) in [5.41, 5.74) is 2.52. The molecule has 2 aromatic rings. The highest BCUT2D eigenvalue weighted by Gasteiger charge is 2.00. The molecule has 1 N–H and O–H groups in total. The number of hydrogen-bond donors (Lipinski definition) is 1. The van der Waals surface area contributed by atoms with Crippen LogP contribution in [0.3, 0.4) is 0 Å². The van der Waals surface area contributed by atoms with Gasteiger partial charge in [-0.05, 0) is 17.7 Å². The van der Waals surface area contributed by atoms with E-state index in [1.54, 1.807) is 0 Å². The number of aromatic nitrogens is 1. The first-order chi connectivity index (χ1) is 6.75. The molecule has 0 saturated heterocycles. The molecule has 72 valence electrons. The molecule has 0 saturated carbocycles. The van der Waals surface area contributed by atoms with Gasteiger partial charge in [-0.3, -0.25) is 4.79 Å². The molecule has 0 fully saturated rings. The molecule has 0 unspecified atom stereocenters. The van der Waals surface area contributed by atoms with Crippen LogP contribution in [0.25, 0.3) is 11.1 Å². The lowest BCUT2D eigenvalue weighted by Crippen LogP contribution is -2.14. The molecule has 4 nitrogen and oxygen atoms in total. The van der Waals surface area contributed by atoms with Crippen molar-refractivity contribution in [3.63, 3.8) is 0 Å². The summed E-state index contributed by atoms with van der Waals surface area (Å²) in [6.45, 7) is 0.473. The SMILES string of the molecule is O=C(Br)NCc1ccc2ncoc2c1. The molecule has 2 rings (SSSR count). The van der Waals surface area contributed by atoms with E-state index in [9.17, 15) is 4.79 Å². The van der Waals surface area contributed by atoms with E-state index in [2.05, 4.69) is 26.2 Å². The smallest absolute Gasteiger partial charge is 0.287 e. The highest BCUT2D eigenvalue weighted by atomic mass is 79.9. The average Bonchev–Trinajstić information content (AvgIpc) is 2.61. The molecule has 5 heteroatoms. The first kappa shape index (κ1) is 9.21. The third kappa shape index (κ3) is 1.93. The zero-order chi connectivity index (χ0) is 9.97. The van der Waals surface area contributed by atoms with Crippen molar-refractivity contribution in [3.05, 3.63) is 30.2 Å². The van der Waals surface area contributed by atoms with Crippen molar-refractivity contribution in [1.29, 1.82) is 0 Å². The van der Waals surface area contributed by atoms with E-state index in [1.807, 2.05) is 18.2 Å². The molecule has 0 atom stereocenters. The number of oxazole rings is 1. The Kier molecular flexibility index (Phi) is 2.49. The normalized spacial score (nSPS) is 10.4. The minimum atomic E-state index is -0.227. The van der Waals surface area contributed by atoms with Crippen LogP contribution in [0.5, 0.6) is 0 Å². The molecule has 0 bridgehead atoms. The largest absolute Gasteiger partial charge is 0.443 e. The molecule has 14 heavy (non-hydrogen) atoms. The van der Waals surface area contributed by atoms with Crippen molar-refractivity contribution in [1.82, 2.24) is 10.3 Å². The molecule has 0 spiro atoms. The second kappa shape index (κ2) is 3.79. The highest BCUT2D eigenvalue weighted by molar-refractivity contribution is 9.18. The van der Waals surface area contributed by atoms with E-state index >= 15 is 0 Å². The third-order valence-corrected chi connectivity index (χ3v) is 2.11. The van der Waals surface area contributed by atoms with Crippen LogP contribution in [0.4, 0.5) is 4.79 Å². The van der Waals surface area contributed by atoms with E-state index < -0.39 is 0 Å². The minimum Gasteiger partial charge on any atom is -0.443 e. The zero-order valence-corrected chi connectivity index (χ0v) is 8.74. The summed E-state index contributed by atoms with van der Waals surface area (Å²) < 4.78 is 5.13. The fraction of sp³-hybridized carbons (Fsp3) is 0.111. The number of rotatable bonds is 2. The summed E-state index contributed by atoms with van der Waals surface area (Å²) in [6, 6.07) is 5.60. The number of nitrogens with one attached hydrogen (secondary N) is 1. The molecule has 0 aliphatic heterocycles. The predicted molar refractivity (Wildman–Crippen MR) is 55.2 cm³/mol. The van der Waals surface area contributed by atoms with Gasteiger partial charge in [0.05, 0.1) is 0 Å². The van der Waals surface area contributed by atoms with Crippen molar-refractivity contribution < 1.29 is 9.21 Å². The fourth-order valence-electron chi connectivity index (χ4n) is 1.18. The van der Waals surface area contributed by atoms with Crippen molar-refractivity contribution in [2.75, 3.05) is 0 Å². The van der Waals surface area contributed by atoms with Gasteiger partial charge in [-0.2, -0.15) is 0 Å². The van der Waals surface area contributed by atoms with E-state index in [0.29, 0.717) is 6.54 Å². The first-order valence-corrected chi connectivity index (χ1v) is 4.80. The molecule has 0 aliphatic carbocycles. The lowest BCUT2D eigenvalue weighted by molar-refractivity contribution is 0.261. The molecule has 1 aromatic heterocycles. The molecule has 1 aromatic carbocycles. The topological polar surface area (TPSA) is 55.1 Å². The lowest BCUT2D eigenvalue weighted by Gasteiger charge is -2.00. The van der Waals surface area contributed by atoms with Gasteiger partial charge in [-0.1, -0.05) is 6.07 Å². The maximum Gasteiger partial charge on any atom is 0.287 e. The van der Waals surface area contributed by atoms with Gasteiger partial charge in [0, 0.05) is 22.5 Å². The van der Waals surface area contributed by atoms with Crippen LogP contribution >= 0.6 is 15.9 Å². The van der Waals surface area contributed by atoms with Crippen LogP contribution in [0.15, 0.2) is 29.0 Å². The van der Waals surface area contributed by atoms with Crippen LogP contribution in [-0.2, 0) is 6.54 Å². The number of amides is 1. The quantitative estimate of drug-likeness (QED) is 0.662. The van der Waals surface area contributed by atoms with E-state index in [0.717, 1.165) is 16.7 Å². The highest BCUT2D eigenvalue weighted by Crippen LogP contribution is 2.13. The van der Waals surface area contributed by atoms with Crippen LogP contribution in [-0.4, -0.2) is 9.80 Å². The lowest BCUT2D eigenvalue weighted by atomic mass is 10.2. The summed E-state index contributed by atoms with van der Waals surface area (Å²) in [4.78, 5) is 14.4. The minimum absolute atomic E-state index is 0.227. The van der Waals surface area contributed by atoms with E-state index in [4.69, 9.17) is 4.42 Å². The van der Waals surface area contributed by atoms with Gasteiger partial charge in [0.25, 0.3) is 4.82 Å². The molecular weight excluding hydrogens is 248 g/mol. The van der Waals surface area contributed by atoms with Gasteiger partial charge in [-0.25, -0.2) is 4.98 Å². The second-order valence-electron chi connectivity index (χ2n) is 2.78. The Hall–Kier alpha value is -1.36. The Morgan fingerprint density at radius 2 is 2.43 bits per heavy atom. The molecule has 0 radical (unpaired) electrons. The van der Waals surface area contributed by atoms with E-state index in [1.165, 1.54) is 6.39 Å². The number of fused-ring (bicyclic) bond motifs is 1. The van der Waals surface area contributed by atoms with Gasteiger partial charge >= 0.3 is 0 Å². The summed E-state index contributed by atoms with van der Waals surface area (Å²) in [5.74, 6) is 0. The second-order valence-corrected chi connectivity index (χ2v) is 3.50. The summed E-state index contributed by atoms with van der Waals surface area (Å²) in [6.07, 6.45) is 1.40. The number of nitrogens with zero attached hydrogens (tertiary/aromatic N) is 1. The number of hydrogen-bond acceptors (Lipinski definition) is 3. The third-order valence-electron chi connectivity index (χ3n) is 1.83. The first-order valence-electron chi connectivity index (χ1n) is 4.01. The van der Waals surface area contributed by atoms with E-state index in [-0.39, 0.29) is 4.82 Å². The number of halogens is 1. The Labute approximate surface area is 88.4 Å². The summed E-state index contributed by atoms with van der Waals surface area (Å²) >= 11 is 2.79. The number of carbonyl (C=O) groups excluding carboxylic acids is 1. The molecule has 1 amide bonds. The molecule has 0 aliphatic rings. The van der Waals surface area contributed by atoms with Gasteiger partial charge in [-0.15, -0.1) is 0 Å². The van der Waals surface area contributed by atoms with Crippen LogP contribution in [0.1, 0.15) is 5.56 Å². The van der Waals surface area contributed by atoms with Crippen molar-refractivity contribution in [2.24, 2.45) is 0 Å². The Bertz CT molecular complexity index is 467. The maximum absolute atomic E-state index is 10.6. The summed E-state index contributed by atoms with van der Waals surface area (Å²) in [5, 5.41) is 2.63. The number of benzene rings is 1. The van der Waals surface area contributed by atoms with Gasteiger partial charge in [0.2, 0.25) is 0 Å².